The topological polar surface area (TPSA) is 38.5 Å². The molecule has 0 aromatic carbocycles. The highest BCUT2D eigenvalue weighted by atomic mass is 16.5. The molecule has 3 heteroatoms. The van der Waals surface area contributed by atoms with Crippen LogP contribution in [0.15, 0.2) is 0 Å². The molecule has 2 fully saturated rings. The molecule has 0 amide bonds. The van der Waals surface area contributed by atoms with E-state index in [0.29, 0.717) is 6.10 Å². The van der Waals surface area contributed by atoms with Crippen molar-refractivity contribution in [2.45, 2.75) is 31.8 Å². The van der Waals surface area contributed by atoms with Crippen LogP contribution >= 0.6 is 0 Å². The van der Waals surface area contributed by atoms with E-state index in [9.17, 15) is 0 Å². The van der Waals surface area contributed by atoms with Gasteiger partial charge >= 0.3 is 0 Å². The molecular weight excluding hydrogens is 176 g/mol. The Morgan fingerprint density at radius 3 is 2.57 bits per heavy atom. The Balaban J connectivity index is 1.47. The number of nitrogens with zero attached hydrogens (tertiary/aromatic N) is 1. The van der Waals surface area contributed by atoms with Crippen LogP contribution in [0.5, 0.6) is 0 Å². The van der Waals surface area contributed by atoms with Gasteiger partial charge in [0.1, 0.15) is 0 Å². The Kier molecular flexibility index (Phi) is 3.79. The predicted molar refractivity (Wildman–Crippen MR) is 57.2 cm³/mol. The largest absolute Gasteiger partial charge is 0.377 e. The van der Waals surface area contributed by atoms with Gasteiger partial charge in [-0.15, -0.1) is 0 Å². The summed E-state index contributed by atoms with van der Waals surface area (Å²) in [6, 6.07) is 0. The van der Waals surface area contributed by atoms with E-state index in [-0.39, 0.29) is 0 Å². The average molecular weight is 198 g/mol. The summed E-state index contributed by atoms with van der Waals surface area (Å²) >= 11 is 0. The summed E-state index contributed by atoms with van der Waals surface area (Å²) in [6.45, 7) is 5.44. The average Bonchev–Trinajstić information content (AvgIpc) is 2.61. The van der Waals surface area contributed by atoms with Crippen LogP contribution in [0, 0.1) is 5.92 Å². The zero-order valence-electron chi connectivity index (χ0n) is 8.95. The number of rotatable bonds is 5. The number of likely N-dealkylation sites (tertiary alicyclic amines) is 1. The first-order valence-electron chi connectivity index (χ1n) is 5.92. The maximum atomic E-state index is 5.77. The summed E-state index contributed by atoms with van der Waals surface area (Å²) in [5.41, 5.74) is 5.56. The highest BCUT2D eigenvalue weighted by Gasteiger charge is 2.28. The van der Waals surface area contributed by atoms with Gasteiger partial charge in [-0.25, -0.2) is 0 Å². The molecule has 1 aliphatic heterocycles. The molecule has 0 radical (unpaired) electrons. The van der Waals surface area contributed by atoms with Gasteiger partial charge in [0.25, 0.3) is 0 Å². The SMILES string of the molecule is NCC1CC(OCCN2CCCC2)C1. The molecule has 2 N–H and O–H groups in total. The lowest BCUT2D eigenvalue weighted by Gasteiger charge is -2.34. The van der Waals surface area contributed by atoms with Crippen LogP contribution in [0.1, 0.15) is 25.7 Å². The molecule has 2 aliphatic rings. The first-order chi connectivity index (χ1) is 6.88. The van der Waals surface area contributed by atoms with Gasteiger partial charge in [0, 0.05) is 6.54 Å². The summed E-state index contributed by atoms with van der Waals surface area (Å²) in [4.78, 5) is 2.50. The van der Waals surface area contributed by atoms with Crippen molar-refractivity contribution in [3.05, 3.63) is 0 Å². The molecule has 1 saturated heterocycles. The molecule has 0 atom stereocenters. The molecule has 0 aromatic rings. The van der Waals surface area contributed by atoms with Crippen molar-refractivity contribution >= 4 is 0 Å². The predicted octanol–water partition coefficient (Wildman–Crippen LogP) is 0.836. The number of hydrogen-bond donors (Lipinski definition) is 1. The van der Waals surface area contributed by atoms with Crippen molar-refractivity contribution in [1.82, 2.24) is 4.90 Å². The van der Waals surface area contributed by atoms with Gasteiger partial charge in [-0.1, -0.05) is 0 Å². The van der Waals surface area contributed by atoms with Crippen LogP contribution in [0.3, 0.4) is 0 Å². The normalized spacial score (nSPS) is 33.2. The van der Waals surface area contributed by atoms with E-state index in [0.717, 1.165) is 25.6 Å². The first kappa shape index (κ1) is 10.4. The highest BCUT2D eigenvalue weighted by molar-refractivity contribution is 4.80. The standard InChI is InChI=1S/C11H22N2O/c12-9-10-7-11(8-10)14-6-5-13-3-1-2-4-13/h10-11H,1-9,12H2. The van der Waals surface area contributed by atoms with E-state index in [1.165, 1.54) is 38.8 Å². The molecule has 1 saturated carbocycles. The van der Waals surface area contributed by atoms with Crippen molar-refractivity contribution in [3.8, 4) is 0 Å². The molecule has 0 aromatic heterocycles. The Hall–Kier alpha value is -0.120. The van der Waals surface area contributed by atoms with Crippen LogP contribution < -0.4 is 5.73 Å². The summed E-state index contributed by atoms with van der Waals surface area (Å²) in [5, 5.41) is 0. The molecule has 0 bridgehead atoms. The molecule has 0 spiro atoms. The second-order valence-electron chi connectivity index (χ2n) is 4.61. The van der Waals surface area contributed by atoms with E-state index < -0.39 is 0 Å². The lowest BCUT2D eigenvalue weighted by atomic mass is 9.82. The van der Waals surface area contributed by atoms with Crippen LogP contribution in [0.2, 0.25) is 0 Å². The Morgan fingerprint density at radius 2 is 1.93 bits per heavy atom. The van der Waals surface area contributed by atoms with Gasteiger partial charge in [0.15, 0.2) is 0 Å². The fourth-order valence-corrected chi connectivity index (χ4v) is 2.36. The van der Waals surface area contributed by atoms with Gasteiger partial charge in [0.2, 0.25) is 0 Å². The molecular formula is C11H22N2O. The minimum Gasteiger partial charge on any atom is -0.377 e. The first-order valence-corrected chi connectivity index (χ1v) is 5.92. The zero-order valence-corrected chi connectivity index (χ0v) is 8.95. The fourth-order valence-electron chi connectivity index (χ4n) is 2.36. The summed E-state index contributed by atoms with van der Waals surface area (Å²) in [5.74, 6) is 0.742. The lowest BCUT2D eigenvalue weighted by Crippen LogP contribution is -2.37. The van der Waals surface area contributed by atoms with E-state index >= 15 is 0 Å². The molecule has 1 aliphatic carbocycles. The van der Waals surface area contributed by atoms with E-state index in [2.05, 4.69) is 4.90 Å². The third-order valence-corrected chi connectivity index (χ3v) is 3.49. The lowest BCUT2D eigenvalue weighted by molar-refractivity contribution is -0.0333. The second kappa shape index (κ2) is 5.10. The minimum absolute atomic E-state index is 0.520. The smallest absolute Gasteiger partial charge is 0.0597 e. The molecule has 82 valence electrons. The zero-order chi connectivity index (χ0) is 9.80. The van der Waals surface area contributed by atoms with Gasteiger partial charge in [-0.05, 0) is 51.2 Å². The van der Waals surface area contributed by atoms with Crippen LogP contribution in [0.4, 0.5) is 0 Å². The quantitative estimate of drug-likeness (QED) is 0.711. The maximum Gasteiger partial charge on any atom is 0.0597 e. The van der Waals surface area contributed by atoms with Crippen molar-refractivity contribution in [2.75, 3.05) is 32.8 Å². The monoisotopic (exact) mass is 198 g/mol. The van der Waals surface area contributed by atoms with Gasteiger partial charge in [-0.2, -0.15) is 0 Å². The minimum atomic E-state index is 0.520. The summed E-state index contributed by atoms with van der Waals surface area (Å²) < 4.78 is 5.77. The number of ether oxygens (including phenoxy) is 1. The van der Waals surface area contributed by atoms with E-state index in [1.807, 2.05) is 0 Å². The van der Waals surface area contributed by atoms with Crippen molar-refractivity contribution in [1.29, 1.82) is 0 Å². The van der Waals surface area contributed by atoms with Crippen molar-refractivity contribution < 1.29 is 4.74 Å². The number of hydrogen-bond acceptors (Lipinski definition) is 3. The van der Waals surface area contributed by atoms with Crippen LogP contribution in [0.25, 0.3) is 0 Å². The maximum absolute atomic E-state index is 5.77. The van der Waals surface area contributed by atoms with Crippen molar-refractivity contribution in [3.63, 3.8) is 0 Å². The Bertz CT molecular complexity index is 163. The highest BCUT2D eigenvalue weighted by Crippen LogP contribution is 2.28. The molecule has 14 heavy (non-hydrogen) atoms. The van der Waals surface area contributed by atoms with E-state index in [1.54, 1.807) is 0 Å². The van der Waals surface area contributed by atoms with Crippen LogP contribution in [-0.4, -0.2) is 43.8 Å². The molecule has 1 heterocycles. The fraction of sp³-hybridized carbons (Fsp3) is 1.00. The third-order valence-electron chi connectivity index (χ3n) is 3.49. The summed E-state index contributed by atoms with van der Waals surface area (Å²) in [6.07, 6.45) is 5.65. The number of nitrogens with two attached hydrogens (primary N) is 1. The molecule has 2 rings (SSSR count). The Morgan fingerprint density at radius 1 is 1.21 bits per heavy atom. The van der Waals surface area contributed by atoms with Crippen molar-refractivity contribution in [2.24, 2.45) is 11.7 Å². The third kappa shape index (κ3) is 2.69. The van der Waals surface area contributed by atoms with Gasteiger partial charge in [-0.3, -0.25) is 0 Å². The Labute approximate surface area is 86.6 Å². The molecule has 0 unspecified atom stereocenters. The second-order valence-corrected chi connectivity index (χ2v) is 4.61. The van der Waals surface area contributed by atoms with E-state index in [4.69, 9.17) is 10.5 Å². The van der Waals surface area contributed by atoms with Gasteiger partial charge in [0.05, 0.1) is 12.7 Å². The summed E-state index contributed by atoms with van der Waals surface area (Å²) in [7, 11) is 0. The van der Waals surface area contributed by atoms with Gasteiger partial charge < -0.3 is 15.4 Å². The van der Waals surface area contributed by atoms with Crippen LogP contribution in [-0.2, 0) is 4.74 Å². The molecule has 3 nitrogen and oxygen atoms in total.